The van der Waals surface area contributed by atoms with E-state index in [0.717, 1.165) is 33.1 Å². The number of hydrogen-bond acceptors (Lipinski definition) is 4. The van der Waals surface area contributed by atoms with Crippen LogP contribution in [-0.4, -0.2) is 46.9 Å². The van der Waals surface area contributed by atoms with Crippen molar-refractivity contribution in [3.63, 3.8) is 0 Å². The maximum atomic E-state index is 12.9. The molecular formula is C17H21ClN4O2SSn. The molecule has 0 unspecified atom stereocenters. The maximum absolute atomic E-state index is 12.9. The molecule has 0 bridgehead atoms. The number of nitrogens with zero attached hydrogens (tertiary/aromatic N) is 3. The second-order valence-electron chi connectivity index (χ2n) is 8.28. The molecule has 1 N–H and O–H groups in total. The average molecular weight is 500 g/mol. The minimum absolute atomic E-state index is 0.188. The number of sulfonamides is 1. The molecule has 6 nitrogen and oxygen atoms in total. The molecule has 0 atom stereocenters. The first kappa shape index (κ1) is 18.5. The molecule has 4 rings (SSSR count). The zero-order valence-electron chi connectivity index (χ0n) is 15.2. The van der Waals surface area contributed by atoms with Crippen molar-refractivity contribution in [2.24, 2.45) is 0 Å². The van der Waals surface area contributed by atoms with Gasteiger partial charge in [0, 0.05) is 0 Å². The first-order valence-corrected chi connectivity index (χ1v) is 20.4. The van der Waals surface area contributed by atoms with Gasteiger partial charge in [0.1, 0.15) is 0 Å². The van der Waals surface area contributed by atoms with Crippen LogP contribution in [0.1, 0.15) is 19.8 Å². The molecule has 1 aliphatic carbocycles. The molecule has 3 aromatic rings. The van der Waals surface area contributed by atoms with Crippen molar-refractivity contribution in [2.75, 3.05) is 0 Å². The molecule has 26 heavy (non-hydrogen) atoms. The summed E-state index contributed by atoms with van der Waals surface area (Å²) >= 11 is 3.90. The predicted molar refractivity (Wildman–Crippen MR) is 106 cm³/mol. The van der Waals surface area contributed by atoms with Crippen LogP contribution in [0.5, 0.6) is 0 Å². The monoisotopic (exact) mass is 500 g/mol. The molecule has 0 spiro atoms. The van der Waals surface area contributed by atoms with Gasteiger partial charge >= 0.3 is 162 Å². The van der Waals surface area contributed by atoms with Crippen LogP contribution < -0.4 is 8.43 Å². The molecule has 2 aromatic heterocycles. The van der Waals surface area contributed by atoms with Gasteiger partial charge < -0.3 is 0 Å². The van der Waals surface area contributed by atoms with E-state index < -0.39 is 28.4 Å². The van der Waals surface area contributed by atoms with E-state index in [1.54, 1.807) is 16.8 Å². The van der Waals surface area contributed by atoms with E-state index in [9.17, 15) is 8.42 Å². The van der Waals surface area contributed by atoms with Crippen molar-refractivity contribution in [3.05, 3.63) is 29.4 Å². The Morgan fingerprint density at radius 2 is 1.96 bits per heavy atom. The van der Waals surface area contributed by atoms with Gasteiger partial charge in [0.05, 0.1) is 0 Å². The second kappa shape index (κ2) is 5.80. The summed E-state index contributed by atoms with van der Waals surface area (Å²) < 4.78 is 31.2. The Morgan fingerprint density at radius 1 is 1.27 bits per heavy atom. The third-order valence-corrected chi connectivity index (χ3v) is 11.8. The molecule has 0 radical (unpaired) electrons. The summed E-state index contributed by atoms with van der Waals surface area (Å²) in [4.78, 5) is 11.7. The van der Waals surface area contributed by atoms with Crippen LogP contribution >= 0.6 is 11.6 Å². The fourth-order valence-corrected chi connectivity index (χ4v) is 9.11. The van der Waals surface area contributed by atoms with Gasteiger partial charge in [-0.2, -0.15) is 0 Å². The number of nitrogens with one attached hydrogen (secondary N) is 1. The molecule has 1 aliphatic rings. The molecule has 138 valence electrons. The number of hydrogen-bond donors (Lipinski definition) is 1. The SMILES string of the molecule is CC1(NS(=O)(=O)c2cc(Cl)c3c(c2)[c]([Sn]([CH3])([CH3])[CH3])nc2ccnn23)CC1. The fraction of sp³-hybridized carbons (Fsp3) is 0.412. The van der Waals surface area contributed by atoms with Crippen LogP contribution in [0.4, 0.5) is 0 Å². The Labute approximate surface area is 161 Å². The van der Waals surface area contributed by atoms with Gasteiger partial charge in [-0.05, 0) is 0 Å². The molecule has 2 heterocycles. The summed E-state index contributed by atoms with van der Waals surface area (Å²) in [6, 6.07) is 5.07. The van der Waals surface area contributed by atoms with Crippen molar-refractivity contribution in [2.45, 2.75) is 45.0 Å². The van der Waals surface area contributed by atoms with Crippen LogP contribution in [0.15, 0.2) is 29.3 Å². The van der Waals surface area contributed by atoms with Gasteiger partial charge in [0.25, 0.3) is 0 Å². The molecule has 0 amide bonds. The van der Waals surface area contributed by atoms with Crippen molar-refractivity contribution in [1.29, 1.82) is 0 Å². The Kier molecular flexibility index (Phi) is 4.12. The standard InChI is InChI=1S/C14H12ClN4O2S.3CH3.Sn/c1-14(3-4-14)18-22(20,21)10-6-9-8-16-12-2-5-17-19(12)13(9)11(15)7-10;;;;/h2,5-7,18H,3-4H2,1H3;3*1H3;. The van der Waals surface area contributed by atoms with Crippen molar-refractivity contribution in [1.82, 2.24) is 19.3 Å². The molecule has 1 fully saturated rings. The summed E-state index contributed by atoms with van der Waals surface area (Å²) in [5.74, 6) is 0. The molecule has 0 aliphatic heterocycles. The van der Waals surface area contributed by atoms with Crippen LogP contribution in [0.25, 0.3) is 16.6 Å². The molecule has 0 saturated heterocycles. The van der Waals surface area contributed by atoms with E-state index in [1.165, 1.54) is 6.07 Å². The normalized spacial score (nSPS) is 17.1. The van der Waals surface area contributed by atoms with E-state index in [2.05, 4.69) is 24.6 Å². The van der Waals surface area contributed by atoms with Crippen molar-refractivity contribution < 1.29 is 8.42 Å². The summed E-state index contributed by atoms with van der Waals surface area (Å²) in [5, 5.41) is 5.48. The fourth-order valence-electron chi connectivity index (χ4n) is 3.10. The summed E-state index contributed by atoms with van der Waals surface area (Å²) in [7, 11) is -3.64. The summed E-state index contributed by atoms with van der Waals surface area (Å²) in [6.45, 7) is 1.92. The van der Waals surface area contributed by atoms with E-state index in [1.807, 2.05) is 13.0 Å². The van der Waals surface area contributed by atoms with Crippen molar-refractivity contribution in [3.8, 4) is 0 Å². The first-order chi connectivity index (χ1) is 12.0. The van der Waals surface area contributed by atoms with Gasteiger partial charge in [0.15, 0.2) is 0 Å². The Bertz CT molecular complexity index is 1150. The number of fused-ring (bicyclic) bond motifs is 3. The summed E-state index contributed by atoms with van der Waals surface area (Å²) in [5.41, 5.74) is 1.12. The van der Waals surface area contributed by atoms with Crippen LogP contribution in [0.3, 0.4) is 0 Å². The summed E-state index contributed by atoms with van der Waals surface area (Å²) in [6.07, 6.45) is 3.39. The van der Waals surface area contributed by atoms with Gasteiger partial charge in [0.2, 0.25) is 0 Å². The van der Waals surface area contributed by atoms with Crippen molar-refractivity contribution >= 4 is 60.3 Å². The number of halogens is 1. The Hall–Kier alpha value is -0.901. The topological polar surface area (TPSA) is 76.4 Å². The van der Waals surface area contributed by atoms with Gasteiger partial charge in [-0.3, -0.25) is 0 Å². The van der Waals surface area contributed by atoms with E-state index >= 15 is 0 Å². The van der Waals surface area contributed by atoms with E-state index in [4.69, 9.17) is 16.6 Å². The zero-order valence-corrected chi connectivity index (χ0v) is 19.6. The van der Waals surface area contributed by atoms with Crippen LogP contribution in [0.2, 0.25) is 19.8 Å². The van der Waals surface area contributed by atoms with E-state index in [0.29, 0.717) is 5.02 Å². The minimum atomic E-state index is -3.64. The van der Waals surface area contributed by atoms with Crippen LogP contribution in [-0.2, 0) is 10.0 Å². The van der Waals surface area contributed by atoms with Gasteiger partial charge in [-0.1, -0.05) is 0 Å². The third kappa shape index (κ3) is 3.12. The number of benzene rings is 1. The molecule has 1 aromatic carbocycles. The number of aromatic nitrogens is 3. The van der Waals surface area contributed by atoms with Gasteiger partial charge in [-0.25, -0.2) is 0 Å². The van der Waals surface area contributed by atoms with E-state index in [-0.39, 0.29) is 10.4 Å². The average Bonchev–Trinajstić information content (AvgIpc) is 3.05. The second-order valence-corrected chi connectivity index (χ2v) is 24.6. The quantitative estimate of drug-likeness (QED) is 0.560. The molecule has 1 saturated carbocycles. The first-order valence-electron chi connectivity index (χ1n) is 8.52. The zero-order chi connectivity index (χ0) is 18.9. The number of rotatable bonds is 4. The molecular weight excluding hydrogens is 478 g/mol. The molecule has 9 heteroatoms. The Morgan fingerprint density at radius 3 is 2.58 bits per heavy atom. The Balaban J connectivity index is 2.03. The van der Waals surface area contributed by atoms with Crippen LogP contribution in [0, 0.1) is 0 Å². The van der Waals surface area contributed by atoms with Gasteiger partial charge in [-0.15, -0.1) is 0 Å². The predicted octanol–water partition coefficient (Wildman–Crippen LogP) is 2.91. The third-order valence-electron chi connectivity index (χ3n) is 4.75.